The molecule has 40 heavy (non-hydrogen) atoms. The van der Waals surface area contributed by atoms with Gasteiger partial charge in [0.1, 0.15) is 17.6 Å². The lowest BCUT2D eigenvalue weighted by Crippen LogP contribution is -2.28. The maximum absolute atomic E-state index is 12.8. The Morgan fingerprint density at radius 3 is 2.10 bits per heavy atom. The van der Waals surface area contributed by atoms with E-state index in [1.807, 2.05) is 30.3 Å². The Balaban J connectivity index is 1.42. The molecule has 1 unspecified atom stereocenters. The molecule has 0 N–H and O–H groups in total. The van der Waals surface area contributed by atoms with Crippen LogP contribution < -0.4 is 9.47 Å². The van der Waals surface area contributed by atoms with Crippen molar-refractivity contribution in [3.8, 4) is 11.5 Å². The third-order valence-corrected chi connectivity index (χ3v) is 7.81. The molecular formula is C35H50O5. The number of fused-ring (bicyclic) bond motifs is 1. The molecule has 0 aromatic heterocycles. The van der Waals surface area contributed by atoms with Crippen LogP contribution in [0.5, 0.6) is 11.5 Å². The Morgan fingerprint density at radius 2 is 1.43 bits per heavy atom. The van der Waals surface area contributed by atoms with Crippen LogP contribution in [0, 0.1) is 5.92 Å². The molecule has 0 radical (unpaired) electrons. The van der Waals surface area contributed by atoms with Gasteiger partial charge in [-0.1, -0.05) is 84.6 Å². The number of ether oxygens (including phenoxy) is 3. The maximum atomic E-state index is 12.8. The lowest BCUT2D eigenvalue weighted by Gasteiger charge is -2.26. The van der Waals surface area contributed by atoms with E-state index in [0.29, 0.717) is 24.3 Å². The smallest absolute Gasteiger partial charge is 0.343 e. The van der Waals surface area contributed by atoms with Crippen molar-refractivity contribution in [3.63, 3.8) is 0 Å². The monoisotopic (exact) mass is 550 g/mol. The van der Waals surface area contributed by atoms with Crippen molar-refractivity contribution in [2.24, 2.45) is 5.92 Å². The van der Waals surface area contributed by atoms with Gasteiger partial charge in [-0.25, -0.2) is 4.79 Å². The minimum atomic E-state index is -0.385. The van der Waals surface area contributed by atoms with Gasteiger partial charge in [-0.3, -0.25) is 4.79 Å². The first-order valence-electron chi connectivity index (χ1n) is 15.8. The Kier molecular flexibility index (Phi) is 14.1. The second-order valence-corrected chi connectivity index (χ2v) is 11.2. The van der Waals surface area contributed by atoms with Gasteiger partial charge < -0.3 is 14.2 Å². The summed E-state index contributed by atoms with van der Waals surface area (Å²) in [7, 11) is 0. The third kappa shape index (κ3) is 10.6. The molecule has 5 heteroatoms. The summed E-state index contributed by atoms with van der Waals surface area (Å²) in [6.45, 7) is 7.20. The molecule has 1 aliphatic rings. The zero-order valence-corrected chi connectivity index (χ0v) is 25.1. The molecule has 0 saturated carbocycles. The van der Waals surface area contributed by atoms with Crippen molar-refractivity contribution in [2.75, 3.05) is 6.61 Å². The topological polar surface area (TPSA) is 61.8 Å². The highest BCUT2D eigenvalue weighted by molar-refractivity contribution is 5.91. The minimum absolute atomic E-state index is 0.0289. The van der Waals surface area contributed by atoms with E-state index in [0.717, 1.165) is 61.8 Å². The van der Waals surface area contributed by atoms with E-state index in [9.17, 15) is 9.59 Å². The lowest BCUT2D eigenvalue weighted by molar-refractivity contribution is -0.155. The first kappa shape index (κ1) is 31.7. The molecule has 1 atom stereocenters. The number of carbonyl (C=O) groups excluding carboxylic acids is 2. The Bertz CT molecular complexity index is 1020. The highest BCUT2D eigenvalue weighted by atomic mass is 16.5. The van der Waals surface area contributed by atoms with Crippen LogP contribution in [-0.2, 0) is 22.4 Å². The van der Waals surface area contributed by atoms with Gasteiger partial charge in [0.2, 0.25) is 0 Å². The van der Waals surface area contributed by atoms with Gasteiger partial charge in [0, 0.05) is 0 Å². The Hall–Kier alpha value is -2.82. The van der Waals surface area contributed by atoms with Crippen molar-refractivity contribution in [1.29, 1.82) is 0 Å². The van der Waals surface area contributed by atoms with Crippen LogP contribution in [-0.4, -0.2) is 24.6 Å². The number of aryl methyl sites for hydroxylation is 1. The van der Waals surface area contributed by atoms with Gasteiger partial charge >= 0.3 is 11.9 Å². The molecule has 0 aliphatic heterocycles. The van der Waals surface area contributed by atoms with E-state index in [-0.39, 0.29) is 24.0 Å². The first-order chi connectivity index (χ1) is 19.5. The molecule has 3 rings (SSSR count). The average Bonchev–Trinajstić information content (AvgIpc) is 2.96. The highest BCUT2D eigenvalue weighted by Crippen LogP contribution is 2.30. The van der Waals surface area contributed by atoms with E-state index in [2.05, 4.69) is 20.8 Å². The van der Waals surface area contributed by atoms with Gasteiger partial charge in [-0.15, -0.1) is 0 Å². The van der Waals surface area contributed by atoms with Crippen LogP contribution in [0.1, 0.15) is 126 Å². The summed E-state index contributed by atoms with van der Waals surface area (Å²) in [5.74, 6) is 0.749. The average molecular weight is 551 g/mol. The number of benzene rings is 2. The molecule has 0 saturated heterocycles. The summed E-state index contributed by atoms with van der Waals surface area (Å²) >= 11 is 0. The predicted molar refractivity (Wildman–Crippen MR) is 161 cm³/mol. The van der Waals surface area contributed by atoms with E-state index < -0.39 is 0 Å². The largest absolute Gasteiger partial charge is 0.494 e. The van der Waals surface area contributed by atoms with Crippen molar-refractivity contribution < 1.29 is 23.8 Å². The zero-order chi connectivity index (χ0) is 28.6. The van der Waals surface area contributed by atoms with Crippen LogP contribution >= 0.6 is 0 Å². The highest BCUT2D eigenvalue weighted by Gasteiger charge is 2.28. The van der Waals surface area contributed by atoms with Gasteiger partial charge in [-0.2, -0.15) is 0 Å². The number of unbranched alkanes of at least 4 members (excludes halogenated alkanes) is 7. The number of carbonyl (C=O) groups is 2. The summed E-state index contributed by atoms with van der Waals surface area (Å²) in [5.41, 5.74) is 2.76. The third-order valence-electron chi connectivity index (χ3n) is 7.81. The molecule has 2 aromatic carbocycles. The van der Waals surface area contributed by atoms with Crippen LogP contribution in [0.3, 0.4) is 0 Å². The summed E-state index contributed by atoms with van der Waals surface area (Å²) in [4.78, 5) is 25.5. The molecule has 0 heterocycles. The molecule has 0 bridgehead atoms. The maximum Gasteiger partial charge on any atom is 0.343 e. The summed E-state index contributed by atoms with van der Waals surface area (Å²) in [5, 5.41) is 0. The molecule has 0 fully saturated rings. The number of esters is 2. The fourth-order valence-electron chi connectivity index (χ4n) is 5.44. The number of rotatable bonds is 18. The summed E-state index contributed by atoms with van der Waals surface area (Å²) in [6.07, 6.45) is 16.3. The number of hydrogen-bond donors (Lipinski definition) is 0. The van der Waals surface area contributed by atoms with Crippen LogP contribution in [0.2, 0.25) is 0 Å². The van der Waals surface area contributed by atoms with Crippen molar-refractivity contribution >= 4 is 11.9 Å². The zero-order valence-electron chi connectivity index (χ0n) is 25.1. The van der Waals surface area contributed by atoms with Gasteiger partial charge in [0.25, 0.3) is 0 Å². The summed E-state index contributed by atoms with van der Waals surface area (Å²) < 4.78 is 17.4. The van der Waals surface area contributed by atoms with E-state index in [1.54, 1.807) is 12.1 Å². The van der Waals surface area contributed by atoms with Crippen molar-refractivity contribution in [3.05, 3.63) is 59.2 Å². The Morgan fingerprint density at radius 1 is 0.775 bits per heavy atom. The van der Waals surface area contributed by atoms with Crippen LogP contribution in [0.25, 0.3) is 0 Å². The fourth-order valence-corrected chi connectivity index (χ4v) is 5.44. The van der Waals surface area contributed by atoms with Gasteiger partial charge in [0.05, 0.1) is 18.1 Å². The molecule has 0 amide bonds. The van der Waals surface area contributed by atoms with Gasteiger partial charge in [-0.05, 0) is 86.1 Å². The predicted octanol–water partition coefficient (Wildman–Crippen LogP) is 9.04. The standard InChI is InChI=1S/C35H50O5/c1-4-7-8-9-10-11-12-13-24-38-31-21-18-27(19-22-31)34(36)40-33-23-20-28-25-30(17-16-29(28)26-33)35(37)39-32(14-5-2)15-6-3/h18-23,26,30,32H,4-17,24-25H2,1-3H3. The van der Waals surface area contributed by atoms with Crippen LogP contribution in [0.15, 0.2) is 42.5 Å². The fraction of sp³-hybridized carbons (Fsp3) is 0.600. The molecule has 1 aliphatic carbocycles. The molecule has 2 aromatic rings. The summed E-state index contributed by atoms with van der Waals surface area (Å²) in [6, 6.07) is 12.9. The van der Waals surface area contributed by atoms with E-state index >= 15 is 0 Å². The second kappa shape index (κ2) is 17.8. The first-order valence-corrected chi connectivity index (χ1v) is 15.8. The molecule has 220 valence electrons. The second-order valence-electron chi connectivity index (χ2n) is 11.2. The van der Waals surface area contributed by atoms with E-state index in [1.165, 1.54) is 44.9 Å². The van der Waals surface area contributed by atoms with Gasteiger partial charge in [0.15, 0.2) is 0 Å². The minimum Gasteiger partial charge on any atom is -0.494 e. The van der Waals surface area contributed by atoms with Crippen LogP contribution in [0.4, 0.5) is 0 Å². The van der Waals surface area contributed by atoms with Crippen molar-refractivity contribution in [1.82, 2.24) is 0 Å². The quantitative estimate of drug-likeness (QED) is 0.105. The normalized spacial score (nSPS) is 14.6. The molecular weight excluding hydrogens is 500 g/mol. The molecule has 5 nitrogen and oxygen atoms in total. The lowest BCUT2D eigenvalue weighted by atomic mass is 9.84. The van der Waals surface area contributed by atoms with Crippen molar-refractivity contribution in [2.45, 2.75) is 123 Å². The molecule has 0 spiro atoms. The SMILES string of the molecule is CCCCCCCCCCOc1ccc(C(=O)Oc2ccc3c(c2)CCC(C(=O)OC(CCC)CCC)C3)cc1. The number of hydrogen-bond acceptors (Lipinski definition) is 5. The Labute approximate surface area is 242 Å². The van der Waals surface area contributed by atoms with E-state index in [4.69, 9.17) is 14.2 Å².